The number of alkyl halides is 3. The minimum Gasteiger partial charge on any atom is -0.425 e. The number of ether oxygens (including phenoxy) is 1. The predicted molar refractivity (Wildman–Crippen MR) is 61.7 cm³/mol. The molecule has 0 unspecified atom stereocenters. The van der Waals surface area contributed by atoms with Crippen LogP contribution in [0.1, 0.15) is 25.6 Å². The van der Waals surface area contributed by atoms with Gasteiger partial charge in [-0.05, 0) is 0 Å². The number of nitrogens with zero attached hydrogens (tertiary/aromatic N) is 2. The van der Waals surface area contributed by atoms with Crippen molar-refractivity contribution in [1.82, 2.24) is 15.5 Å². The smallest absolute Gasteiger partial charge is 0.411 e. The maximum Gasteiger partial charge on any atom is 0.411 e. The Morgan fingerprint density at radius 1 is 1.21 bits per heavy atom. The zero-order valence-corrected chi connectivity index (χ0v) is 11.0. The first kappa shape index (κ1) is 15.9. The van der Waals surface area contributed by atoms with Gasteiger partial charge in [0.15, 0.2) is 0 Å². The topological polar surface area (TPSA) is 60.2 Å². The third-order valence-electron chi connectivity index (χ3n) is 2.13. The Balaban J connectivity index is 2.19. The molecule has 0 spiro atoms. The molecule has 0 aliphatic carbocycles. The highest BCUT2D eigenvalue weighted by Crippen LogP contribution is 2.14. The molecule has 1 aromatic rings. The minimum absolute atomic E-state index is 0.0919. The number of halogens is 3. The van der Waals surface area contributed by atoms with Crippen molar-refractivity contribution in [2.45, 2.75) is 38.9 Å². The molecule has 0 amide bonds. The van der Waals surface area contributed by atoms with Crippen LogP contribution in [0, 0.1) is 0 Å². The highest BCUT2D eigenvalue weighted by atomic mass is 19.4. The summed E-state index contributed by atoms with van der Waals surface area (Å²) in [6, 6.07) is 0.373. The van der Waals surface area contributed by atoms with Gasteiger partial charge in [-0.25, -0.2) is 0 Å². The largest absolute Gasteiger partial charge is 0.425 e. The van der Waals surface area contributed by atoms with Crippen LogP contribution in [0.4, 0.5) is 13.2 Å². The van der Waals surface area contributed by atoms with Crippen molar-refractivity contribution in [2.75, 3.05) is 19.8 Å². The molecule has 0 fully saturated rings. The lowest BCUT2D eigenvalue weighted by atomic mass is 10.3. The number of hydrogen-bond acceptors (Lipinski definition) is 5. The van der Waals surface area contributed by atoms with E-state index in [1.54, 1.807) is 0 Å². The summed E-state index contributed by atoms with van der Waals surface area (Å²) in [7, 11) is 0. The Morgan fingerprint density at radius 3 is 2.42 bits per heavy atom. The van der Waals surface area contributed by atoms with E-state index in [4.69, 9.17) is 4.42 Å². The molecule has 0 saturated heterocycles. The number of aromatic nitrogens is 2. The SMILES string of the molecule is CC(C)NCCc1nnc(CCOCC(F)(F)F)o1. The van der Waals surface area contributed by atoms with E-state index in [2.05, 4.69) is 20.3 Å². The van der Waals surface area contributed by atoms with Gasteiger partial charge < -0.3 is 14.5 Å². The first-order valence-electron chi connectivity index (χ1n) is 6.06. The van der Waals surface area contributed by atoms with Crippen LogP contribution in [0.3, 0.4) is 0 Å². The fraction of sp³-hybridized carbons (Fsp3) is 0.818. The zero-order chi connectivity index (χ0) is 14.3. The van der Waals surface area contributed by atoms with E-state index in [1.807, 2.05) is 13.8 Å². The Bertz CT molecular complexity index is 366. The van der Waals surface area contributed by atoms with Gasteiger partial charge in [-0.2, -0.15) is 13.2 Å². The summed E-state index contributed by atoms with van der Waals surface area (Å²) < 4.78 is 45.2. The van der Waals surface area contributed by atoms with Crippen LogP contribution in [-0.4, -0.2) is 42.2 Å². The molecule has 5 nitrogen and oxygen atoms in total. The summed E-state index contributed by atoms with van der Waals surface area (Å²) in [5.74, 6) is 0.765. The molecule has 0 aliphatic heterocycles. The second-order valence-electron chi connectivity index (χ2n) is 4.37. The monoisotopic (exact) mass is 281 g/mol. The zero-order valence-electron chi connectivity index (χ0n) is 11.0. The van der Waals surface area contributed by atoms with Crippen molar-refractivity contribution in [2.24, 2.45) is 0 Å². The molecular weight excluding hydrogens is 263 g/mol. The molecule has 1 N–H and O–H groups in total. The van der Waals surface area contributed by atoms with E-state index in [-0.39, 0.29) is 13.0 Å². The molecule has 19 heavy (non-hydrogen) atoms. The predicted octanol–water partition coefficient (Wildman–Crippen LogP) is 1.73. The van der Waals surface area contributed by atoms with Gasteiger partial charge in [-0.3, -0.25) is 0 Å². The molecule has 0 atom stereocenters. The third-order valence-corrected chi connectivity index (χ3v) is 2.13. The Labute approximate surface area is 109 Å². The van der Waals surface area contributed by atoms with E-state index in [0.717, 1.165) is 0 Å². The van der Waals surface area contributed by atoms with Crippen molar-refractivity contribution in [3.63, 3.8) is 0 Å². The number of nitrogens with one attached hydrogen (secondary N) is 1. The third kappa shape index (κ3) is 7.78. The molecule has 0 aromatic carbocycles. The standard InChI is InChI=1S/C11H18F3N3O2/c1-8(2)15-5-3-9-16-17-10(19-9)4-6-18-7-11(12,13)14/h8,15H,3-7H2,1-2H3. The van der Waals surface area contributed by atoms with E-state index in [0.29, 0.717) is 30.8 Å². The molecule has 0 radical (unpaired) electrons. The molecule has 110 valence electrons. The second-order valence-corrected chi connectivity index (χ2v) is 4.37. The quantitative estimate of drug-likeness (QED) is 0.735. The van der Waals surface area contributed by atoms with Gasteiger partial charge in [0.1, 0.15) is 6.61 Å². The lowest BCUT2D eigenvalue weighted by molar-refractivity contribution is -0.173. The Morgan fingerprint density at radius 2 is 1.84 bits per heavy atom. The average Bonchev–Trinajstić information content (AvgIpc) is 2.71. The van der Waals surface area contributed by atoms with Crippen LogP contribution in [0.5, 0.6) is 0 Å². The summed E-state index contributed by atoms with van der Waals surface area (Å²) in [5.41, 5.74) is 0. The number of hydrogen-bond donors (Lipinski definition) is 1. The first-order chi connectivity index (χ1) is 8.87. The van der Waals surface area contributed by atoms with Crippen molar-refractivity contribution < 1.29 is 22.3 Å². The van der Waals surface area contributed by atoms with E-state index in [9.17, 15) is 13.2 Å². The summed E-state index contributed by atoms with van der Waals surface area (Å²) in [5, 5.41) is 10.7. The fourth-order valence-corrected chi connectivity index (χ4v) is 1.31. The second kappa shape index (κ2) is 7.44. The Kier molecular flexibility index (Phi) is 6.23. The molecule has 8 heteroatoms. The molecule has 0 saturated carbocycles. The minimum atomic E-state index is -4.30. The van der Waals surface area contributed by atoms with Crippen LogP contribution in [0.15, 0.2) is 4.42 Å². The van der Waals surface area contributed by atoms with Crippen LogP contribution >= 0.6 is 0 Å². The summed E-state index contributed by atoms with van der Waals surface area (Å²) in [6.07, 6.45) is -3.53. The van der Waals surface area contributed by atoms with Gasteiger partial charge in [0, 0.05) is 25.4 Å². The number of rotatable bonds is 8. The van der Waals surface area contributed by atoms with Gasteiger partial charge in [0.25, 0.3) is 0 Å². The van der Waals surface area contributed by atoms with Crippen molar-refractivity contribution in [3.8, 4) is 0 Å². The maximum atomic E-state index is 11.8. The maximum absolute atomic E-state index is 11.8. The van der Waals surface area contributed by atoms with Gasteiger partial charge in [-0.15, -0.1) is 10.2 Å². The summed E-state index contributed by atoms with van der Waals surface area (Å²) >= 11 is 0. The van der Waals surface area contributed by atoms with Crippen LogP contribution in [0.2, 0.25) is 0 Å². The molecule has 1 rings (SSSR count). The van der Waals surface area contributed by atoms with Crippen LogP contribution < -0.4 is 5.32 Å². The van der Waals surface area contributed by atoms with Gasteiger partial charge in [0.05, 0.1) is 6.61 Å². The molecular formula is C11H18F3N3O2. The lowest BCUT2D eigenvalue weighted by Crippen LogP contribution is -2.25. The normalized spacial score (nSPS) is 12.3. The molecule has 1 aromatic heterocycles. The Hall–Kier alpha value is -1.15. The molecule has 0 bridgehead atoms. The van der Waals surface area contributed by atoms with E-state index in [1.165, 1.54) is 0 Å². The van der Waals surface area contributed by atoms with Crippen LogP contribution in [-0.2, 0) is 17.6 Å². The highest BCUT2D eigenvalue weighted by Gasteiger charge is 2.27. The fourth-order valence-electron chi connectivity index (χ4n) is 1.31. The average molecular weight is 281 g/mol. The van der Waals surface area contributed by atoms with E-state index >= 15 is 0 Å². The summed E-state index contributed by atoms with van der Waals surface area (Å²) in [6.45, 7) is 3.41. The van der Waals surface area contributed by atoms with Crippen molar-refractivity contribution in [1.29, 1.82) is 0 Å². The van der Waals surface area contributed by atoms with Gasteiger partial charge in [0.2, 0.25) is 11.8 Å². The first-order valence-corrected chi connectivity index (χ1v) is 6.06. The van der Waals surface area contributed by atoms with Gasteiger partial charge in [-0.1, -0.05) is 13.8 Å². The lowest BCUT2D eigenvalue weighted by Gasteiger charge is -2.06. The van der Waals surface area contributed by atoms with Crippen LogP contribution in [0.25, 0.3) is 0 Å². The molecule has 0 aliphatic rings. The van der Waals surface area contributed by atoms with Crippen molar-refractivity contribution in [3.05, 3.63) is 11.8 Å². The highest BCUT2D eigenvalue weighted by molar-refractivity contribution is 4.83. The summed E-state index contributed by atoms with van der Waals surface area (Å²) in [4.78, 5) is 0. The van der Waals surface area contributed by atoms with Crippen molar-refractivity contribution >= 4 is 0 Å². The van der Waals surface area contributed by atoms with E-state index < -0.39 is 12.8 Å². The van der Waals surface area contributed by atoms with Gasteiger partial charge >= 0.3 is 6.18 Å². The molecule has 1 heterocycles.